The molecule has 0 aliphatic heterocycles. The molecule has 0 bridgehead atoms. The molecule has 0 amide bonds. The van der Waals surface area contributed by atoms with Crippen molar-refractivity contribution in [3.63, 3.8) is 0 Å². The number of nitrogens with one attached hydrogen (secondary N) is 2. The average Bonchev–Trinajstić information content (AvgIpc) is 2.70. The van der Waals surface area contributed by atoms with Crippen molar-refractivity contribution in [2.75, 3.05) is 5.32 Å². The summed E-state index contributed by atoms with van der Waals surface area (Å²) in [4.78, 5) is 0. The van der Waals surface area contributed by atoms with Gasteiger partial charge in [-0.2, -0.15) is 0 Å². The molecular weight excluding hydrogens is 330 g/mol. The van der Waals surface area contributed by atoms with Crippen molar-refractivity contribution >= 4 is 28.4 Å². The Balaban J connectivity index is 2.15. The third kappa shape index (κ3) is 3.98. The number of hydrogen-bond acceptors (Lipinski definition) is 3. The summed E-state index contributed by atoms with van der Waals surface area (Å²) in [5.41, 5.74) is 11.6. The first-order valence-corrected chi connectivity index (χ1v) is 8.78. The highest BCUT2D eigenvalue weighted by atomic mass is 14.9. The van der Waals surface area contributed by atoms with Gasteiger partial charge in [0.15, 0.2) is 0 Å². The third-order valence-electron chi connectivity index (χ3n) is 4.47. The van der Waals surface area contributed by atoms with Crippen LogP contribution in [0.4, 0.5) is 5.69 Å². The molecule has 0 aliphatic rings. The fraction of sp³-hybridized carbons (Fsp3) is 0.0417. The van der Waals surface area contributed by atoms with E-state index in [0.29, 0.717) is 11.3 Å². The van der Waals surface area contributed by atoms with Gasteiger partial charge in [0.25, 0.3) is 0 Å². The minimum Gasteiger partial charge on any atom is -0.397 e. The predicted molar refractivity (Wildman–Crippen MR) is 117 cm³/mol. The molecule has 3 aromatic rings. The zero-order valence-electron chi connectivity index (χ0n) is 15.4. The monoisotopic (exact) mass is 353 g/mol. The number of fused-ring (bicyclic) bond motifs is 1. The average molecular weight is 353 g/mol. The maximum Gasteiger partial charge on any atom is 0.0700 e. The van der Waals surface area contributed by atoms with Crippen LogP contribution in [0.25, 0.3) is 16.5 Å². The number of hydrogen-bond donors (Lipinski definition) is 3. The van der Waals surface area contributed by atoms with Crippen LogP contribution in [0.3, 0.4) is 0 Å². The number of anilines is 1. The van der Waals surface area contributed by atoms with E-state index in [2.05, 4.69) is 43.1 Å². The molecule has 3 aromatic carbocycles. The third-order valence-corrected chi connectivity index (χ3v) is 4.47. The lowest BCUT2D eigenvalue weighted by atomic mass is 10.0. The van der Waals surface area contributed by atoms with Crippen LogP contribution in [0.1, 0.15) is 11.1 Å². The first kappa shape index (κ1) is 18.2. The standard InChI is InChI=1S/C24H23N3/c1-17-9-3-5-13-20(17)24(23(26)18(2)10-8-16-25)27-22-15-7-12-19-11-4-6-14-21(19)22/h3-16,25,27H,2,26H2,1H3/b10-8-,24-23-,25-16?. The van der Waals surface area contributed by atoms with E-state index in [9.17, 15) is 0 Å². The fourth-order valence-electron chi connectivity index (χ4n) is 3.02. The Hall–Kier alpha value is -3.59. The van der Waals surface area contributed by atoms with Gasteiger partial charge in [-0.3, -0.25) is 0 Å². The molecule has 0 aliphatic carbocycles. The van der Waals surface area contributed by atoms with E-state index in [1.54, 1.807) is 12.2 Å². The molecule has 0 saturated heterocycles. The van der Waals surface area contributed by atoms with Crippen LogP contribution in [0.15, 0.2) is 96.7 Å². The Morgan fingerprint density at radius 1 is 1.00 bits per heavy atom. The van der Waals surface area contributed by atoms with E-state index in [1.807, 2.05) is 42.5 Å². The van der Waals surface area contributed by atoms with Crippen LogP contribution >= 0.6 is 0 Å². The van der Waals surface area contributed by atoms with Crippen LogP contribution in [0, 0.1) is 12.3 Å². The van der Waals surface area contributed by atoms with Crippen molar-refractivity contribution in [1.29, 1.82) is 5.41 Å². The van der Waals surface area contributed by atoms with Gasteiger partial charge in [0.2, 0.25) is 0 Å². The molecule has 4 N–H and O–H groups in total. The summed E-state index contributed by atoms with van der Waals surface area (Å²) < 4.78 is 0. The van der Waals surface area contributed by atoms with Crippen molar-refractivity contribution in [2.45, 2.75) is 6.92 Å². The lowest BCUT2D eigenvalue weighted by molar-refractivity contribution is 1.32. The van der Waals surface area contributed by atoms with Crippen molar-refractivity contribution < 1.29 is 0 Å². The van der Waals surface area contributed by atoms with E-state index >= 15 is 0 Å². The lowest BCUT2D eigenvalue weighted by Crippen LogP contribution is -2.11. The quantitative estimate of drug-likeness (QED) is 0.396. The zero-order chi connectivity index (χ0) is 19.2. The largest absolute Gasteiger partial charge is 0.397 e. The molecule has 134 valence electrons. The van der Waals surface area contributed by atoms with Crippen LogP contribution in [0.5, 0.6) is 0 Å². The molecule has 0 radical (unpaired) electrons. The molecule has 3 nitrogen and oxygen atoms in total. The smallest absolute Gasteiger partial charge is 0.0700 e. The van der Waals surface area contributed by atoms with Crippen LogP contribution in [0.2, 0.25) is 0 Å². The Bertz CT molecular complexity index is 1050. The van der Waals surface area contributed by atoms with Crippen LogP contribution < -0.4 is 11.1 Å². The Labute approximate surface area is 160 Å². The van der Waals surface area contributed by atoms with Gasteiger partial charge in [-0.15, -0.1) is 0 Å². The van der Waals surface area contributed by atoms with E-state index in [0.717, 1.165) is 33.3 Å². The fourth-order valence-corrected chi connectivity index (χ4v) is 3.02. The molecule has 0 spiro atoms. The summed E-state index contributed by atoms with van der Waals surface area (Å²) in [5, 5.41) is 13.0. The summed E-state index contributed by atoms with van der Waals surface area (Å²) in [6.45, 7) is 6.12. The number of allylic oxidation sites excluding steroid dienone is 2. The lowest BCUT2D eigenvalue weighted by Gasteiger charge is -2.18. The summed E-state index contributed by atoms with van der Waals surface area (Å²) in [5.74, 6) is 0. The molecular formula is C24H23N3. The molecule has 3 rings (SSSR count). The molecule has 3 heteroatoms. The first-order chi connectivity index (χ1) is 13.1. The van der Waals surface area contributed by atoms with Gasteiger partial charge in [0.05, 0.1) is 11.4 Å². The first-order valence-electron chi connectivity index (χ1n) is 8.78. The molecule has 0 saturated carbocycles. The number of benzene rings is 3. The number of rotatable bonds is 6. The Kier molecular flexibility index (Phi) is 5.53. The van der Waals surface area contributed by atoms with E-state index in [-0.39, 0.29) is 0 Å². The molecule has 0 aromatic heterocycles. The SMILES string of the molecule is C=C(/C=C\C=N)/C(N)=C(/Nc1cccc2ccccc12)c1ccccc1C. The zero-order valence-corrected chi connectivity index (χ0v) is 15.4. The molecule has 27 heavy (non-hydrogen) atoms. The number of aryl methyl sites for hydroxylation is 1. The molecule has 0 fully saturated rings. The highest BCUT2D eigenvalue weighted by Crippen LogP contribution is 2.30. The minimum absolute atomic E-state index is 0.551. The van der Waals surface area contributed by atoms with Gasteiger partial charge < -0.3 is 16.5 Å². The van der Waals surface area contributed by atoms with Gasteiger partial charge in [0, 0.05) is 22.9 Å². The van der Waals surface area contributed by atoms with Crippen molar-refractivity contribution in [2.24, 2.45) is 5.73 Å². The van der Waals surface area contributed by atoms with E-state index in [1.165, 1.54) is 6.21 Å². The van der Waals surface area contributed by atoms with Gasteiger partial charge in [0.1, 0.15) is 0 Å². The second kappa shape index (κ2) is 8.19. The highest BCUT2D eigenvalue weighted by molar-refractivity contribution is 5.98. The molecule has 0 unspecified atom stereocenters. The van der Waals surface area contributed by atoms with Crippen molar-refractivity contribution in [3.8, 4) is 0 Å². The van der Waals surface area contributed by atoms with Crippen molar-refractivity contribution in [1.82, 2.24) is 0 Å². The Morgan fingerprint density at radius 2 is 1.70 bits per heavy atom. The molecule has 0 heterocycles. The summed E-state index contributed by atoms with van der Waals surface area (Å²) in [6, 6.07) is 22.5. The Morgan fingerprint density at radius 3 is 2.48 bits per heavy atom. The predicted octanol–water partition coefficient (Wildman–Crippen LogP) is 5.65. The second-order valence-electron chi connectivity index (χ2n) is 6.31. The van der Waals surface area contributed by atoms with Crippen LogP contribution in [-0.2, 0) is 0 Å². The van der Waals surface area contributed by atoms with Gasteiger partial charge in [-0.05, 0) is 35.6 Å². The van der Waals surface area contributed by atoms with Gasteiger partial charge in [-0.25, -0.2) is 0 Å². The van der Waals surface area contributed by atoms with Gasteiger partial charge in [-0.1, -0.05) is 73.3 Å². The van der Waals surface area contributed by atoms with E-state index in [4.69, 9.17) is 11.1 Å². The summed E-state index contributed by atoms with van der Waals surface area (Å²) >= 11 is 0. The summed E-state index contributed by atoms with van der Waals surface area (Å²) in [7, 11) is 0. The van der Waals surface area contributed by atoms with E-state index < -0.39 is 0 Å². The minimum atomic E-state index is 0.551. The van der Waals surface area contributed by atoms with Crippen LogP contribution in [-0.4, -0.2) is 6.21 Å². The summed E-state index contributed by atoms with van der Waals surface area (Å²) in [6.07, 6.45) is 4.57. The normalized spacial score (nSPS) is 12.0. The number of nitrogens with two attached hydrogens (primary N) is 1. The topological polar surface area (TPSA) is 61.9 Å². The maximum atomic E-state index is 7.19. The van der Waals surface area contributed by atoms with Crippen molar-refractivity contribution in [3.05, 3.63) is 108 Å². The molecule has 0 atom stereocenters. The second-order valence-corrected chi connectivity index (χ2v) is 6.31. The maximum absolute atomic E-state index is 7.19. The van der Waals surface area contributed by atoms with Gasteiger partial charge >= 0.3 is 0 Å². The highest BCUT2D eigenvalue weighted by Gasteiger charge is 2.12.